The molecule has 0 saturated heterocycles. The summed E-state index contributed by atoms with van der Waals surface area (Å²) in [6.07, 6.45) is 6.41. The van der Waals surface area contributed by atoms with Crippen molar-refractivity contribution in [3.63, 3.8) is 0 Å². The van der Waals surface area contributed by atoms with Crippen LogP contribution in [0.4, 0.5) is 0 Å². The monoisotopic (exact) mass is 592 g/mol. The number of benzene rings is 1. The molecule has 7 N–H and O–H groups in total. The van der Waals surface area contributed by atoms with E-state index in [9.17, 15) is 39.6 Å². The van der Waals surface area contributed by atoms with Crippen molar-refractivity contribution < 1.29 is 39.6 Å². The van der Waals surface area contributed by atoms with Gasteiger partial charge < -0.3 is 36.4 Å². The van der Waals surface area contributed by atoms with Crippen LogP contribution in [-0.4, -0.2) is 100.0 Å². The number of phenols is 1. The summed E-state index contributed by atoms with van der Waals surface area (Å²) in [6.45, 7) is 0.206. The number of amides is 2. The molecule has 228 valence electrons. The molecule has 2 amide bonds. The minimum Gasteiger partial charge on any atom is -0.508 e. The molecule has 0 heterocycles. The van der Waals surface area contributed by atoms with Gasteiger partial charge >= 0.3 is 0 Å². The highest BCUT2D eigenvalue weighted by atomic mass is 16.3. The third-order valence-corrected chi connectivity index (χ3v) is 8.85. The van der Waals surface area contributed by atoms with E-state index in [4.69, 9.17) is 5.73 Å². The number of nitrogens with zero attached hydrogens (tertiary/aromatic N) is 2. The van der Waals surface area contributed by atoms with Crippen LogP contribution in [-0.2, 0) is 25.6 Å². The number of nitrogens with one attached hydrogen (secondary N) is 1. The van der Waals surface area contributed by atoms with Crippen LogP contribution in [0.2, 0.25) is 0 Å². The average Bonchev–Trinajstić information content (AvgIpc) is 2.90. The van der Waals surface area contributed by atoms with Crippen LogP contribution in [0.3, 0.4) is 0 Å². The first-order valence-corrected chi connectivity index (χ1v) is 14.0. The van der Waals surface area contributed by atoms with E-state index in [0.717, 1.165) is 5.56 Å². The Hall–Kier alpha value is -4.26. The summed E-state index contributed by atoms with van der Waals surface area (Å²) in [7, 11) is 6.70. The van der Waals surface area contributed by atoms with Gasteiger partial charge in [-0.25, -0.2) is 0 Å². The standard InChI is InChI=1S/C31H36N4O8/c1-34(2)13-21(37)33-16-7-5-6-14(10-16)17-8-9-20(36)23-18(17)11-15-12-19-25(35(3)4)27(39)24(30(32)42)29(41)31(19,43)28(40)22(15)26(23)38/h5,7-10,14-15,19,25,36,38,41,43H,6,11-13H2,1-4H3,(H2,32,42)(H,33,37)/t14?,15-,19-,25-,31-/m0/s1. The number of allylic oxidation sites excluding steroid dienone is 3. The minimum absolute atomic E-state index is 0.00705. The number of ketones is 2. The molecule has 0 radical (unpaired) electrons. The number of nitrogens with two attached hydrogens (primary N) is 1. The summed E-state index contributed by atoms with van der Waals surface area (Å²) in [5.74, 6) is -7.30. The lowest BCUT2D eigenvalue weighted by molar-refractivity contribution is -0.153. The number of rotatable bonds is 6. The molecule has 0 aromatic heterocycles. The van der Waals surface area contributed by atoms with E-state index in [1.165, 1.54) is 11.0 Å². The van der Waals surface area contributed by atoms with Crippen molar-refractivity contribution in [3.05, 3.63) is 69.7 Å². The van der Waals surface area contributed by atoms with Crippen molar-refractivity contribution in [2.45, 2.75) is 36.8 Å². The van der Waals surface area contributed by atoms with Gasteiger partial charge in [-0.1, -0.05) is 18.2 Å². The summed E-state index contributed by atoms with van der Waals surface area (Å²) >= 11 is 0. The highest BCUT2D eigenvalue weighted by Crippen LogP contribution is 2.53. The SMILES string of the molecule is CN(C)CC(=O)NC1=CC(c2ccc(O)c3c2C[C@H]2C[C@H]4[C@H](N(C)C)C(=O)C(C(N)=O)=C(O)[C@@]4(O)C(=O)C2=C3O)CC=C1. The lowest BCUT2D eigenvalue weighted by Gasteiger charge is -2.50. The smallest absolute Gasteiger partial charge is 0.255 e. The molecule has 4 aliphatic carbocycles. The number of hydrogen-bond acceptors (Lipinski definition) is 10. The molecule has 1 aromatic rings. The summed E-state index contributed by atoms with van der Waals surface area (Å²) in [5, 5.41) is 48.0. The van der Waals surface area contributed by atoms with E-state index in [1.54, 1.807) is 39.2 Å². The quantitative estimate of drug-likeness (QED) is 0.254. The zero-order chi connectivity index (χ0) is 31.5. The van der Waals surface area contributed by atoms with Crippen molar-refractivity contribution >= 4 is 29.1 Å². The van der Waals surface area contributed by atoms with E-state index in [1.807, 2.05) is 18.2 Å². The number of fused-ring (bicyclic) bond motifs is 3. The molecular weight excluding hydrogens is 556 g/mol. The summed E-state index contributed by atoms with van der Waals surface area (Å²) in [5.41, 5.74) is 3.66. The van der Waals surface area contributed by atoms with Gasteiger partial charge in [0.05, 0.1) is 18.2 Å². The van der Waals surface area contributed by atoms with Crippen LogP contribution in [0, 0.1) is 11.8 Å². The van der Waals surface area contributed by atoms with Crippen molar-refractivity contribution in [1.82, 2.24) is 15.1 Å². The van der Waals surface area contributed by atoms with E-state index in [0.29, 0.717) is 17.7 Å². The summed E-state index contributed by atoms with van der Waals surface area (Å²) < 4.78 is 0. The topological polar surface area (TPSA) is 194 Å². The Bertz CT molecular complexity index is 1570. The summed E-state index contributed by atoms with van der Waals surface area (Å²) in [4.78, 5) is 55.1. The molecule has 5 atom stereocenters. The molecule has 0 bridgehead atoms. The van der Waals surface area contributed by atoms with Gasteiger partial charge in [-0.05, 0) is 76.6 Å². The second kappa shape index (κ2) is 10.8. The number of likely N-dealkylation sites (N-methyl/N-ethyl adjacent to an activating group) is 2. The number of Topliss-reactive ketones (excluding diaryl/α,β-unsaturated/α-hetero) is 2. The predicted octanol–water partition coefficient (Wildman–Crippen LogP) is 0.569. The maximum absolute atomic E-state index is 14.0. The Morgan fingerprint density at radius 1 is 1.12 bits per heavy atom. The largest absolute Gasteiger partial charge is 0.508 e. The van der Waals surface area contributed by atoms with Gasteiger partial charge in [-0.15, -0.1) is 0 Å². The molecule has 4 aliphatic rings. The van der Waals surface area contributed by atoms with Gasteiger partial charge in [-0.3, -0.25) is 24.1 Å². The van der Waals surface area contributed by atoms with Gasteiger partial charge in [0, 0.05) is 23.1 Å². The lowest BCUT2D eigenvalue weighted by atomic mass is 9.57. The average molecular weight is 593 g/mol. The third-order valence-electron chi connectivity index (χ3n) is 8.85. The van der Waals surface area contributed by atoms with E-state index in [-0.39, 0.29) is 48.1 Å². The fourth-order valence-electron chi connectivity index (χ4n) is 7.09. The van der Waals surface area contributed by atoms with Gasteiger partial charge in [0.2, 0.25) is 11.7 Å². The van der Waals surface area contributed by atoms with E-state index in [2.05, 4.69) is 5.32 Å². The van der Waals surface area contributed by atoms with Gasteiger partial charge in [0.1, 0.15) is 22.8 Å². The van der Waals surface area contributed by atoms with Crippen LogP contribution in [0.1, 0.15) is 35.4 Å². The molecule has 0 spiro atoms. The fourth-order valence-corrected chi connectivity index (χ4v) is 7.09. The minimum atomic E-state index is -2.69. The number of aliphatic hydroxyl groups is 3. The van der Waals surface area contributed by atoms with Gasteiger partial charge in [0.15, 0.2) is 11.4 Å². The molecular formula is C31H36N4O8. The fraction of sp³-hybridized carbons (Fsp3) is 0.419. The lowest BCUT2D eigenvalue weighted by Crippen LogP contribution is -2.65. The Labute approximate surface area is 248 Å². The number of carbonyl (C=O) groups is 4. The normalized spacial score (nSPS) is 28.5. The van der Waals surface area contributed by atoms with Crippen molar-refractivity contribution in [2.24, 2.45) is 17.6 Å². The number of phenolic OH excluding ortho intramolecular Hbond substituents is 1. The van der Waals surface area contributed by atoms with E-state index < -0.39 is 58.0 Å². The molecule has 1 aromatic carbocycles. The van der Waals surface area contributed by atoms with Crippen LogP contribution >= 0.6 is 0 Å². The highest BCUT2D eigenvalue weighted by Gasteiger charge is 2.64. The number of primary amides is 1. The zero-order valence-electron chi connectivity index (χ0n) is 24.4. The predicted molar refractivity (Wildman–Crippen MR) is 156 cm³/mol. The third kappa shape index (κ3) is 4.75. The Balaban J connectivity index is 1.61. The Morgan fingerprint density at radius 3 is 2.44 bits per heavy atom. The second-order valence-corrected chi connectivity index (χ2v) is 12.1. The number of hydrogen-bond donors (Lipinski definition) is 6. The molecule has 12 nitrogen and oxygen atoms in total. The number of aromatic hydroxyl groups is 1. The van der Waals surface area contributed by atoms with Gasteiger partial charge in [0.25, 0.3) is 5.91 Å². The first kappa shape index (κ1) is 30.2. The maximum Gasteiger partial charge on any atom is 0.255 e. The highest BCUT2D eigenvalue weighted by molar-refractivity contribution is 6.24. The molecule has 5 rings (SSSR count). The molecule has 12 heteroatoms. The van der Waals surface area contributed by atoms with Crippen LogP contribution < -0.4 is 11.1 Å². The number of aliphatic hydroxyl groups excluding tert-OH is 2. The molecule has 1 fully saturated rings. The van der Waals surface area contributed by atoms with Crippen molar-refractivity contribution in [3.8, 4) is 5.75 Å². The van der Waals surface area contributed by atoms with Crippen LogP contribution in [0.15, 0.2) is 53.0 Å². The molecule has 1 unspecified atom stereocenters. The second-order valence-electron chi connectivity index (χ2n) is 12.1. The maximum atomic E-state index is 14.0. The first-order valence-electron chi connectivity index (χ1n) is 14.0. The summed E-state index contributed by atoms with van der Waals surface area (Å²) in [6, 6.07) is 2.00. The van der Waals surface area contributed by atoms with Crippen molar-refractivity contribution in [2.75, 3.05) is 34.7 Å². The Kier molecular flexibility index (Phi) is 7.57. The van der Waals surface area contributed by atoms with Crippen LogP contribution in [0.25, 0.3) is 5.76 Å². The van der Waals surface area contributed by atoms with Crippen LogP contribution in [0.5, 0.6) is 5.75 Å². The van der Waals surface area contributed by atoms with Crippen molar-refractivity contribution in [1.29, 1.82) is 0 Å². The first-order chi connectivity index (χ1) is 20.2. The molecule has 0 aliphatic heterocycles. The zero-order valence-corrected chi connectivity index (χ0v) is 24.4. The number of carbonyl (C=O) groups excluding carboxylic acids is 4. The van der Waals surface area contributed by atoms with E-state index >= 15 is 0 Å². The molecule has 43 heavy (non-hydrogen) atoms. The molecule has 1 saturated carbocycles. The van der Waals surface area contributed by atoms with Gasteiger partial charge in [-0.2, -0.15) is 0 Å². The Morgan fingerprint density at radius 2 is 1.81 bits per heavy atom.